The van der Waals surface area contributed by atoms with Gasteiger partial charge in [-0.15, -0.1) is 0 Å². The third kappa shape index (κ3) is 3.29. The molecule has 1 aromatic heterocycles. The van der Waals surface area contributed by atoms with E-state index in [1.807, 2.05) is 29.2 Å². The first kappa shape index (κ1) is 15.9. The molecule has 3 heterocycles. The average Bonchev–Trinajstić information content (AvgIpc) is 2.67. The number of fused-ring (bicyclic) bond motifs is 1. The quantitative estimate of drug-likeness (QED) is 0.906. The molecule has 4 rings (SSSR count). The van der Waals surface area contributed by atoms with E-state index in [2.05, 4.69) is 9.97 Å². The summed E-state index contributed by atoms with van der Waals surface area (Å²) in [6.45, 7) is 1.33. The second-order valence-electron chi connectivity index (χ2n) is 6.71. The van der Waals surface area contributed by atoms with Crippen LogP contribution < -0.4 is 10.3 Å². The number of carbonyl (C=O) groups excluding carboxylic acids is 1. The van der Waals surface area contributed by atoms with Gasteiger partial charge in [-0.05, 0) is 37.3 Å². The molecule has 1 fully saturated rings. The maximum absolute atomic E-state index is 12.9. The minimum atomic E-state index is -0.416. The van der Waals surface area contributed by atoms with Gasteiger partial charge in [-0.1, -0.05) is 18.2 Å². The van der Waals surface area contributed by atoms with E-state index in [4.69, 9.17) is 4.74 Å². The Morgan fingerprint density at radius 2 is 2.16 bits per heavy atom. The van der Waals surface area contributed by atoms with Gasteiger partial charge in [-0.2, -0.15) is 0 Å². The average molecular weight is 339 g/mol. The molecule has 130 valence electrons. The Bertz CT molecular complexity index is 832. The van der Waals surface area contributed by atoms with Crippen molar-refractivity contribution in [2.45, 2.75) is 37.7 Å². The van der Waals surface area contributed by atoms with Crippen LogP contribution in [0.15, 0.2) is 41.5 Å². The van der Waals surface area contributed by atoms with Gasteiger partial charge in [0, 0.05) is 25.1 Å². The number of ether oxygens (including phenoxy) is 1. The van der Waals surface area contributed by atoms with Gasteiger partial charge in [0.2, 0.25) is 0 Å². The number of nitrogens with zero attached hydrogens (tertiary/aromatic N) is 2. The van der Waals surface area contributed by atoms with Crippen LogP contribution in [0, 0.1) is 0 Å². The predicted octanol–water partition coefficient (Wildman–Crippen LogP) is 1.87. The molecule has 2 atom stereocenters. The monoisotopic (exact) mass is 339 g/mol. The number of likely N-dealkylation sites (tertiary alicyclic amines) is 1. The van der Waals surface area contributed by atoms with Crippen molar-refractivity contribution in [3.63, 3.8) is 0 Å². The number of aromatic nitrogens is 2. The summed E-state index contributed by atoms with van der Waals surface area (Å²) in [6, 6.07) is 9.43. The zero-order chi connectivity index (χ0) is 17.2. The molecule has 1 aromatic carbocycles. The summed E-state index contributed by atoms with van der Waals surface area (Å²) in [7, 11) is 0. The molecule has 6 heteroatoms. The summed E-state index contributed by atoms with van der Waals surface area (Å²) in [5, 5.41) is 0. The van der Waals surface area contributed by atoms with E-state index in [0.29, 0.717) is 13.0 Å². The summed E-state index contributed by atoms with van der Waals surface area (Å²) in [5.41, 5.74) is 1.77. The third-order valence-corrected chi connectivity index (χ3v) is 5.04. The minimum Gasteiger partial charge on any atom is -0.480 e. The number of nitrogens with one attached hydrogen (secondary N) is 1. The predicted molar refractivity (Wildman–Crippen MR) is 92.6 cm³/mol. The molecule has 1 N–H and O–H groups in total. The molecule has 2 unspecified atom stereocenters. The number of amides is 1. The number of para-hydroxylation sites is 1. The third-order valence-electron chi connectivity index (χ3n) is 5.04. The first-order valence-corrected chi connectivity index (χ1v) is 8.78. The molecule has 2 aliphatic rings. The zero-order valence-corrected chi connectivity index (χ0v) is 14.0. The Morgan fingerprint density at radius 1 is 1.28 bits per heavy atom. The molecule has 1 saturated heterocycles. The Morgan fingerprint density at radius 3 is 3.04 bits per heavy atom. The maximum Gasteiger partial charge on any atom is 0.263 e. The molecule has 25 heavy (non-hydrogen) atoms. The molecule has 0 radical (unpaired) electrons. The van der Waals surface area contributed by atoms with Gasteiger partial charge in [0.15, 0.2) is 6.10 Å². The van der Waals surface area contributed by atoms with E-state index in [0.717, 1.165) is 42.8 Å². The van der Waals surface area contributed by atoms with Crippen LogP contribution in [-0.2, 0) is 11.2 Å². The SMILES string of the molecule is O=C(C1CCc2ccccc2O1)N1CCCC(c2cc(=O)[nH]cn2)C1. The van der Waals surface area contributed by atoms with Crippen LogP contribution in [0.3, 0.4) is 0 Å². The Kier molecular flexibility index (Phi) is 4.26. The van der Waals surface area contributed by atoms with Crippen molar-refractivity contribution in [3.8, 4) is 5.75 Å². The van der Waals surface area contributed by atoms with E-state index in [-0.39, 0.29) is 17.4 Å². The van der Waals surface area contributed by atoms with Gasteiger partial charge in [0.25, 0.3) is 11.5 Å². The molecule has 0 bridgehead atoms. The Balaban J connectivity index is 1.46. The lowest BCUT2D eigenvalue weighted by Crippen LogP contribution is -2.47. The normalized spacial score (nSPS) is 22.8. The van der Waals surface area contributed by atoms with Crippen molar-refractivity contribution in [1.29, 1.82) is 0 Å². The fraction of sp³-hybridized carbons (Fsp3) is 0.421. The first-order chi connectivity index (χ1) is 12.2. The van der Waals surface area contributed by atoms with Crippen LogP contribution >= 0.6 is 0 Å². The summed E-state index contributed by atoms with van der Waals surface area (Å²) >= 11 is 0. The van der Waals surface area contributed by atoms with Crippen LogP contribution in [0.2, 0.25) is 0 Å². The Labute approximate surface area is 145 Å². The topological polar surface area (TPSA) is 75.3 Å². The van der Waals surface area contributed by atoms with Crippen LogP contribution in [-0.4, -0.2) is 40.0 Å². The highest BCUT2D eigenvalue weighted by Gasteiger charge is 2.33. The molecule has 0 aliphatic carbocycles. The van der Waals surface area contributed by atoms with Gasteiger partial charge in [-0.3, -0.25) is 9.59 Å². The van der Waals surface area contributed by atoms with E-state index >= 15 is 0 Å². The standard InChI is InChI=1S/C19H21N3O3/c23-18-10-15(20-12-21-18)14-5-3-9-22(11-14)19(24)17-8-7-13-4-1-2-6-16(13)25-17/h1-2,4,6,10,12,14,17H,3,5,7-9,11H2,(H,20,21,23). The minimum absolute atomic E-state index is 0.0454. The highest BCUT2D eigenvalue weighted by Crippen LogP contribution is 2.30. The number of aromatic amines is 1. The summed E-state index contributed by atoms with van der Waals surface area (Å²) in [4.78, 5) is 33.1. The smallest absolute Gasteiger partial charge is 0.263 e. The number of hydrogen-bond donors (Lipinski definition) is 1. The molecule has 1 amide bonds. The second kappa shape index (κ2) is 6.70. The maximum atomic E-state index is 12.9. The summed E-state index contributed by atoms with van der Waals surface area (Å²) in [6.07, 6.45) is 4.43. The van der Waals surface area contributed by atoms with E-state index < -0.39 is 6.10 Å². The number of aryl methyl sites for hydroxylation is 1. The zero-order valence-electron chi connectivity index (χ0n) is 14.0. The fourth-order valence-corrected chi connectivity index (χ4v) is 3.73. The lowest BCUT2D eigenvalue weighted by Gasteiger charge is -2.36. The summed E-state index contributed by atoms with van der Waals surface area (Å²) < 4.78 is 5.95. The molecule has 2 aromatic rings. The van der Waals surface area contributed by atoms with Crippen molar-refractivity contribution in [1.82, 2.24) is 14.9 Å². The van der Waals surface area contributed by atoms with E-state index in [9.17, 15) is 9.59 Å². The number of benzene rings is 1. The van der Waals surface area contributed by atoms with Gasteiger partial charge in [0.1, 0.15) is 5.75 Å². The van der Waals surface area contributed by atoms with Gasteiger partial charge in [0.05, 0.1) is 12.0 Å². The van der Waals surface area contributed by atoms with Crippen molar-refractivity contribution in [2.24, 2.45) is 0 Å². The molecule has 6 nitrogen and oxygen atoms in total. The van der Waals surface area contributed by atoms with Crippen LogP contribution in [0.1, 0.15) is 36.4 Å². The lowest BCUT2D eigenvalue weighted by atomic mass is 9.93. The molecular weight excluding hydrogens is 318 g/mol. The van der Waals surface area contributed by atoms with Crippen molar-refractivity contribution < 1.29 is 9.53 Å². The molecule has 0 saturated carbocycles. The highest BCUT2D eigenvalue weighted by molar-refractivity contribution is 5.82. The number of carbonyl (C=O) groups is 1. The lowest BCUT2D eigenvalue weighted by molar-refractivity contribution is -0.140. The van der Waals surface area contributed by atoms with Crippen molar-refractivity contribution in [2.75, 3.05) is 13.1 Å². The van der Waals surface area contributed by atoms with Crippen molar-refractivity contribution in [3.05, 3.63) is 58.3 Å². The van der Waals surface area contributed by atoms with Gasteiger partial charge in [-0.25, -0.2) is 4.98 Å². The van der Waals surface area contributed by atoms with Gasteiger partial charge >= 0.3 is 0 Å². The molecular formula is C19H21N3O3. The largest absolute Gasteiger partial charge is 0.480 e. The number of H-pyrrole nitrogens is 1. The van der Waals surface area contributed by atoms with Crippen LogP contribution in [0.5, 0.6) is 5.75 Å². The molecule has 0 spiro atoms. The van der Waals surface area contributed by atoms with Crippen molar-refractivity contribution >= 4 is 5.91 Å². The summed E-state index contributed by atoms with van der Waals surface area (Å²) in [5.74, 6) is 0.969. The number of hydrogen-bond acceptors (Lipinski definition) is 4. The molecule has 2 aliphatic heterocycles. The van der Waals surface area contributed by atoms with Gasteiger partial charge < -0.3 is 14.6 Å². The fourth-order valence-electron chi connectivity index (χ4n) is 3.73. The van der Waals surface area contributed by atoms with E-state index in [1.165, 1.54) is 12.4 Å². The Hall–Kier alpha value is -2.63. The van der Waals surface area contributed by atoms with E-state index in [1.54, 1.807) is 0 Å². The van der Waals surface area contributed by atoms with Crippen LogP contribution in [0.25, 0.3) is 0 Å². The highest BCUT2D eigenvalue weighted by atomic mass is 16.5. The number of piperidine rings is 1. The second-order valence-corrected chi connectivity index (χ2v) is 6.71. The first-order valence-electron chi connectivity index (χ1n) is 8.78. The number of rotatable bonds is 2. The van der Waals surface area contributed by atoms with Crippen LogP contribution in [0.4, 0.5) is 0 Å².